The Bertz CT molecular complexity index is 605. The first kappa shape index (κ1) is 21.0. The molecule has 0 heterocycles. The molecule has 1 saturated carbocycles. The SMILES string of the molecule is CC(C)C[C@H]1C(C)(C)[C@@H](OC(=O)c2ccccc2)[C@H](O)C[C@]1(C)C(C)C. The van der Waals surface area contributed by atoms with Crippen molar-refractivity contribution in [1.82, 2.24) is 0 Å². The van der Waals surface area contributed by atoms with Gasteiger partial charge in [0.2, 0.25) is 0 Å². The number of hydrogen-bond acceptors (Lipinski definition) is 3. The van der Waals surface area contributed by atoms with E-state index < -0.39 is 12.2 Å². The van der Waals surface area contributed by atoms with Crippen LogP contribution in [0.5, 0.6) is 0 Å². The van der Waals surface area contributed by atoms with Crippen LogP contribution in [0, 0.1) is 28.6 Å². The minimum absolute atomic E-state index is 0.0167. The van der Waals surface area contributed by atoms with Gasteiger partial charge in [-0.3, -0.25) is 0 Å². The molecule has 1 N–H and O–H groups in total. The molecule has 0 aromatic heterocycles. The average molecular weight is 361 g/mol. The quantitative estimate of drug-likeness (QED) is 0.722. The molecule has 1 aliphatic rings. The number of benzene rings is 1. The number of carbonyl (C=O) groups is 1. The number of esters is 1. The highest BCUT2D eigenvalue weighted by Gasteiger charge is 2.57. The number of carbonyl (C=O) groups excluding carboxylic acids is 1. The van der Waals surface area contributed by atoms with E-state index in [4.69, 9.17) is 4.74 Å². The van der Waals surface area contributed by atoms with Crippen LogP contribution in [0.1, 0.15) is 71.7 Å². The fourth-order valence-corrected chi connectivity index (χ4v) is 4.91. The molecule has 1 aromatic rings. The Morgan fingerprint density at radius 1 is 1.15 bits per heavy atom. The van der Waals surface area contributed by atoms with E-state index in [0.717, 1.165) is 6.42 Å². The van der Waals surface area contributed by atoms with Crippen LogP contribution in [0.3, 0.4) is 0 Å². The summed E-state index contributed by atoms with van der Waals surface area (Å²) in [6.07, 6.45) is 0.589. The van der Waals surface area contributed by atoms with E-state index in [1.165, 1.54) is 0 Å². The number of rotatable bonds is 5. The molecule has 0 spiro atoms. The van der Waals surface area contributed by atoms with Crippen LogP contribution < -0.4 is 0 Å². The maximum Gasteiger partial charge on any atom is 0.338 e. The Morgan fingerprint density at radius 3 is 2.23 bits per heavy atom. The smallest absolute Gasteiger partial charge is 0.338 e. The van der Waals surface area contributed by atoms with Gasteiger partial charge < -0.3 is 9.84 Å². The van der Waals surface area contributed by atoms with E-state index in [1.54, 1.807) is 12.1 Å². The molecule has 0 radical (unpaired) electrons. The van der Waals surface area contributed by atoms with E-state index in [2.05, 4.69) is 48.5 Å². The second-order valence-corrected chi connectivity index (χ2v) is 9.63. The zero-order chi connectivity index (χ0) is 19.7. The Labute approximate surface area is 159 Å². The summed E-state index contributed by atoms with van der Waals surface area (Å²) in [5, 5.41) is 11.0. The second-order valence-electron chi connectivity index (χ2n) is 9.63. The summed E-state index contributed by atoms with van der Waals surface area (Å²) < 4.78 is 5.90. The van der Waals surface area contributed by atoms with Crippen LogP contribution in [-0.2, 0) is 4.74 Å². The lowest BCUT2D eigenvalue weighted by atomic mass is 9.49. The molecule has 3 nitrogen and oxygen atoms in total. The maximum atomic E-state index is 12.6. The van der Waals surface area contributed by atoms with Gasteiger partial charge in [0.25, 0.3) is 0 Å². The van der Waals surface area contributed by atoms with E-state index in [0.29, 0.717) is 29.7 Å². The second kappa shape index (κ2) is 7.72. The number of aliphatic hydroxyl groups excluding tert-OH is 1. The molecule has 0 aliphatic heterocycles. The summed E-state index contributed by atoms with van der Waals surface area (Å²) in [5.41, 5.74) is 0.252. The topological polar surface area (TPSA) is 46.5 Å². The molecule has 146 valence electrons. The van der Waals surface area contributed by atoms with Crippen molar-refractivity contribution in [2.45, 2.75) is 73.5 Å². The molecule has 3 heteroatoms. The van der Waals surface area contributed by atoms with Gasteiger partial charge in [-0.15, -0.1) is 0 Å². The Morgan fingerprint density at radius 2 is 1.73 bits per heavy atom. The molecule has 0 saturated heterocycles. The van der Waals surface area contributed by atoms with E-state index in [-0.39, 0.29) is 16.8 Å². The van der Waals surface area contributed by atoms with Gasteiger partial charge in [0, 0.05) is 5.41 Å². The molecular formula is C23H36O3. The van der Waals surface area contributed by atoms with Crippen LogP contribution in [0.15, 0.2) is 30.3 Å². The minimum Gasteiger partial charge on any atom is -0.455 e. The van der Waals surface area contributed by atoms with Crippen LogP contribution in [0.25, 0.3) is 0 Å². The fraction of sp³-hybridized carbons (Fsp3) is 0.696. The van der Waals surface area contributed by atoms with Crippen LogP contribution >= 0.6 is 0 Å². The van der Waals surface area contributed by atoms with Crippen molar-refractivity contribution in [1.29, 1.82) is 0 Å². The predicted molar refractivity (Wildman–Crippen MR) is 106 cm³/mol. The Kier molecular flexibility index (Phi) is 6.22. The largest absolute Gasteiger partial charge is 0.455 e. The number of aliphatic hydroxyl groups is 1. The van der Waals surface area contributed by atoms with Gasteiger partial charge in [-0.05, 0) is 48.1 Å². The zero-order valence-corrected chi connectivity index (χ0v) is 17.5. The van der Waals surface area contributed by atoms with Crippen molar-refractivity contribution in [2.24, 2.45) is 28.6 Å². The van der Waals surface area contributed by atoms with Gasteiger partial charge in [0.15, 0.2) is 0 Å². The molecule has 0 amide bonds. The molecule has 26 heavy (non-hydrogen) atoms. The lowest BCUT2D eigenvalue weighted by Crippen LogP contribution is -2.59. The van der Waals surface area contributed by atoms with Crippen molar-refractivity contribution in [3.63, 3.8) is 0 Å². The van der Waals surface area contributed by atoms with Crippen molar-refractivity contribution in [3.05, 3.63) is 35.9 Å². The summed E-state index contributed by atoms with van der Waals surface area (Å²) in [6, 6.07) is 9.05. The third kappa shape index (κ3) is 3.98. The van der Waals surface area contributed by atoms with Gasteiger partial charge in [-0.25, -0.2) is 4.79 Å². The molecule has 1 fully saturated rings. The van der Waals surface area contributed by atoms with Crippen molar-refractivity contribution in [3.8, 4) is 0 Å². The zero-order valence-electron chi connectivity index (χ0n) is 17.5. The summed E-state index contributed by atoms with van der Waals surface area (Å²) in [7, 11) is 0. The molecule has 0 unspecified atom stereocenters. The van der Waals surface area contributed by atoms with Crippen molar-refractivity contribution >= 4 is 5.97 Å². The predicted octanol–water partition coefficient (Wildman–Crippen LogP) is 5.33. The molecular weight excluding hydrogens is 324 g/mol. The molecule has 4 atom stereocenters. The lowest BCUT2D eigenvalue weighted by Gasteiger charge is -2.58. The highest BCUT2D eigenvalue weighted by molar-refractivity contribution is 5.89. The monoisotopic (exact) mass is 360 g/mol. The third-order valence-electron chi connectivity index (χ3n) is 6.70. The normalized spacial score (nSPS) is 31.2. The van der Waals surface area contributed by atoms with Crippen molar-refractivity contribution in [2.75, 3.05) is 0 Å². The summed E-state index contributed by atoms with van der Waals surface area (Å²) in [5.74, 6) is 1.02. The Balaban J connectivity index is 2.34. The molecule has 1 aromatic carbocycles. The van der Waals surface area contributed by atoms with E-state index in [9.17, 15) is 9.90 Å². The van der Waals surface area contributed by atoms with Gasteiger partial charge in [-0.2, -0.15) is 0 Å². The summed E-state index contributed by atoms with van der Waals surface area (Å²) >= 11 is 0. The van der Waals surface area contributed by atoms with Gasteiger partial charge >= 0.3 is 5.97 Å². The van der Waals surface area contributed by atoms with Crippen LogP contribution in [-0.4, -0.2) is 23.3 Å². The van der Waals surface area contributed by atoms with Gasteiger partial charge in [0.1, 0.15) is 6.10 Å². The molecule has 2 rings (SSSR count). The van der Waals surface area contributed by atoms with E-state index >= 15 is 0 Å². The maximum absolute atomic E-state index is 12.6. The van der Waals surface area contributed by atoms with Crippen molar-refractivity contribution < 1.29 is 14.6 Å². The first-order chi connectivity index (χ1) is 12.0. The first-order valence-corrected chi connectivity index (χ1v) is 9.94. The number of hydrogen-bond donors (Lipinski definition) is 1. The fourth-order valence-electron chi connectivity index (χ4n) is 4.91. The highest BCUT2D eigenvalue weighted by Crippen LogP contribution is 2.57. The summed E-state index contributed by atoms with van der Waals surface area (Å²) in [4.78, 5) is 12.6. The van der Waals surface area contributed by atoms with Crippen LogP contribution in [0.2, 0.25) is 0 Å². The summed E-state index contributed by atoms with van der Waals surface area (Å²) in [6.45, 7) is 15.6. The lowest BCUT2D eigenvalue weighted by molar-refractivity contribution is -0.177. The molecule has 1 aliphatic carbocycles. The average Bonchev–Trinajstić information content (AvgIpc) is 2.56. The first-order valence-electron chi connectivity index (χ1n) is 9.94. The van der Waals surface area contributed by atoms with Gasteiger partial charge in [-0.1, -0.05) is 66.7 Å². The Hall–Kier alpha value is -1.35. The minimum atomic E-state index is -0.645. The number of ether oxygens (including phenoxy) is 1. The molecule has 0 bridgehead atoms. The van der Waals surface area contributed by atoms with E-state index in [1.807, 2.05) is 18.2 Å². The third-order valence-corrected chi connectivity index (χ3v) is 6.70. The van der Waals surface area contributed by atoms with Crippen LogP contribution in [0.4, 0.5) is 0 Å². The standard InChI is InChI=1S/C23H36O3/c1-15(2)13-19-22(5,6)20(18(24)14-23(19,7)16(3)4)26-21(25)17-11-9-8-10-12-17/h8-12,15-16,18-20,24H,13-14H2,1-7H3/t18-,19+,20+,23-/m1/s1. The van der Waals surface area contributed by atoms with Gasteiger partial charge in [0.05, 0.1) is 11.7 Å². The highest BCUT2D eigenvalue weighted by atomic mass is 16.6.